The number of benzene rings is 2. The maximum absolute atomic E-state index is 8.48. The standard InChI is InChI=1S/C17H17ClN2O/c1-2-17(13-4-3-5-14(18)12-13)20-15-6-8-16(9-7-15)21-11-10-19/h3-9,12,17,20H,2,11H2,1H3. The van der Waals surface area contributed by atoms with E-state index < -0.39 is 0 Å². The van der Waals surface area contributed by atoms with E-state index in [0.29, 0.717) is 5.75 Å². The Kier molecular flexibility index (Phi) is 5.48. The first kappa shape index (κ1) is 15.2. The number of nitriles is 1. The first-order valence-electron chi connectivity index (χ1n) is 6.84. The molecule has 3 nitrogen and oxygen atoms in total. The molecule has 0 saturated heterocycles. The van der Waals surface area contributed by atoms with Crippen LogP contribution in [0.2, 0.25) is 5.02 Å². The summed E-state index contributed by atoms with van der Waals surface area (Å²) in [6.07, 6.45) is 0.951. The SMILES string of the molecule is CCC(Nc1ccc(OCC#N)cc1)c1cccc(Cl)c1. The Morgan fingerprint density at radius 3 is 2.62 bits per heavy atom. The van der Waals surface area contributed by atoms with Gasteiger partial charge in [0.15, 0.2) is 6.61 Å². The van der Waals surface area contributed by atoms with Crippen molar-refractivity contribution in [1.29, 1.82) is 5.26 Å². The Labute approximate surface area is 130 Å². The molecule has 2 rings (SSSR count). The smallest absolute Gasteiger partial charge is 0.174 e. The molecule has 2 aromatic carbocycles. The van der Waals surface area contributed by atoms with Crippen molar-refractivity contribution in [3.05, 3.63) is 59.1 Å². The molecular formula is C17H17ClN2O. The summed E-state index contributed by atoms with van der Waals surface area (Å²) in [6.45, 7) is 2.19. The van der Waals surface area contributed by atoms with Crippen LogP contribution in [0.3, 0.4) is 0 Å². The summed E-state index contributed by atoms with van der Waals surface area (Å²) in [4.78, 5) is 0. The zero-order chi connectivity index (χ0) is 15.1. The minimum absolute atomic E-state index is 0.0624. The highest BCUT2D eigenvalue weighted by Gasteiger charge is 2.09. The van der Waals surface area contributed by atoms with Crippen LogP contribution in [0.15, 0.2) is 48.5 Å². The highest BCUT2D eigenvalue weighted by atomic mass is 35.5. The van der Waals surface area contributed by atoms with Gasteiger partial charge in [-0.15, -0.1) is 0 Å². The fourth-order valence-electron chi connectivity index (χ4n) is 2.11. The van der Waals surface area contributed by atoms with E-state index in [-0.39, 0.29) is 12.6 Å². The molecule has 1 unspecified atom stereocenters. The highest BCUT2D eigenvalue weighted by molar-refractivity contribution is 6.30. The Bertz CT molecular complexity index is 619. The third-order valence-electron chi connectivity index (χ3n) is 3.16. The Hall–Kier alpha value is -2.18. The third kappa shape index (κ3) is 4.40. The van der Waals surface area contributed by atoms with Gasteiger partial charge in [-0.05, 0) is 48.4 Å². The molecule has 4 heteroatoms. The van der Waals surface area contributed by atoms with Gasteiger partial charge in [0.05, 0.1) is 6.04 Å². The van der Waals surface area contributed by atoms with Gasteiger partial charge in [0.25, 0.3) is 0 Å². The van der Waals surface area contributed by atoms with Crippen molar-refractivity contribution in [2.24, 2.45) is 0 Å². The van der Waals surface area contributed by atoms with Crippen molar-refractivity contribution in [2.75, 3.05) is 11.9 Å². The summed E-state index contributed by atoms with van der Waals surface area (Å²) >= 11 is 6.05. The van der Waals surface area contributed by atoms with Crippen LogP contribution in [-0.4, -0.2) is 6.61 Å². The van der Waals surface area contributed by atoms with E-state index in [2.05, 4.69) is 18.3 Å². The second-order valence-electron chi connectivity index (χ2n) is 4.63. The molecule has 0 aliphatic carbocycles. The molecule has 0 aliphatic heterocycles. The first-order chi connectivity index (χ1) is 10.2. The summed E-state index contributed by atoms with van der Waals surface area (Å²) in [6, 6.07) is 17.6. The van der Waals surface area contributed by atoms with E-state index in [1.807, 2.05) is 48.5 Å². The lowest BCUT2D eigenvalue weighted by Gasteiger charge is -2.19. The maximum Gasteiger partial charge on any atom is 0.174 e. The molecule has 2 aromatic rings. The number of halogens is 1. The molecule has 0 aromatic heterocycles. The molecule has 21 heavy (non-hydrogen) atoms. The molecule has 0 fully saturated rings. The largest absolute Gasteiger partial charge is 0.479 e. The monoisotopic (exact) mass is 300 g/mol. The number of hydrogen-bond donors (Lipinski definition) is 1. The zero-order valence-electron chi connectivity index (χ0n) is 11.8. The van der Waals surface area contributed by atoms with Gasteiger partial charge in [0.1, 0.15) is 11.8 Å². The van der Waals surface area contributed by atoms with Gasteiger partial charge < -0.3 is 10.1 Å². The average Bonchev–Trinajstić information content (AvgIpc) is 2.51. The number of hydrogen-bond acceptors (Lipinski definition) is 3. The molecule has 0 saturated carbocycles. The third-order valence-corrected chi connectivity index (χ3v) is 3.39. The number of ether oxygens (including phenoxy) is 1. The lowest BCUT2D eigenvalue weighted by Crippen LogP contribution is -2.09. The van der Waals surface area contributed by atoms with Gasteiger partial charge in [0.2, 0.25) is 0 Å². The molecule has 1 atom stereocenters. The predicted octanol–water partition coefficient (Wildman–Crippen LogP) is 4.81. The van der Waals surface area contributed by atoms with Crippen molar-refractivity contribution in [3.8, 4) is 11.8 Å². The van der Waals surface area contributed by atoms with Crippen molar-refractivity contribution < 1.29 is 4.74 Å². The topological polar surface area (TPSA) is 45.0 Å². The van der Waals surface area contributed by atoms with Gasteiger partial charge in [-0.1, -0.05) is 30.7 Å². The van der Waals surface area contributed by atoms with Crippen LogP contribution in [0, 0.1) is 11.3 Å². The minimum atomic E-state index is 0.0624. The molecule has 0 aliphatic rings. The number of rotatable bonds is 6. The molecule has 1 N–H and O–H groups in total. The maximum atomic E-state index is 8.48. The predicted molar refractivity (Wildman–Crippen MR) is 85.7 cm³/mol. The van der Waals surface area contributed by atoms with E-state index in [9.17, 15) is 0 Å². The summed E-state index contributed by atoms with van der Waals surface area (Å²) in [7, 11) is 0. The van der Waals surface area contributed by atoms with Crippen molar-refractivity contribution in [1.82, 2.24) is 0 Å². The molecule has 0 heterocycles. The van der Waals surface area contributed by atoms with Crippen LogP contribution >= 0.6 is 11.6 Å². The second-order valence-corrected chi connectivity index (χ2v) is 5.07. The molecule has 0 spiro atoms. The molecule has 108 valence electrons. The Morgan fingerprint density at radius 2 is 2.00 bits per heavy atom. The van der Waals surface area contributed by atoms with E-state index in [1.54, 1.807) is 0 Å². The first-order valence-corrected chi connectivity index (χ1v) is 7.22. The van der Waals surface area contributed by atoms with Crippen LogP contribution in [0.25, 0.3) is 0 Å². The number of nitrogens with one attached hydrogen (secondary N) is 1. The lowest BCUT2D eigenvalue weighted by molar-refractivity contribution is 0.368. The quantitative estimate of drug-likeness (QED) is 0.833. The van der Waals surface area contributed by atoms with E-state index in [1.165, 1.54) is 0 Å². The fraction of sp³-hybridized carbons (Fsp3) is 0.235. The van der Waals surface area contributed by atoms with Crippen molar-refractivity contribution >= 4 is 17.3 Å². The van der Waals surface area contributed by atoms with Gasteiger partial charge in [0, 0.05) is 10.7 Å². The molecule has 0 bridgehead atoms. The Morgan fingerprint density at radius 1 is 1.24 bits per heavy atom. The summed E-state index contributed by atoms with van der Waals surface area (Å²) in [5.41, 5.74) is 2.17. The number of nitrogens with zero attached hydrogens (tertiary/aromatic N) is 1. The summed E-state index contributed by atoms with van der Waals surface area (Å²) < 4.78 is 5.24. The van der Waals surface area contributed by atoms with Gasteiger partial charge in [-0.3, -0.25) is 0 Å². The van der Waals surface area contributed by atoms with Crippen molar-refractivity contribution in [3.63, 3.8) is 0 Å². The fourth-order valence-corrected chi connectivity index (χ4v) is 2.31. The minimum Gasteiger partial charge on any atom is -0.479 e. The normalized spacial score (nSPS) is 11.5. The summed E-state index contributed by atoms with van der Waals surface area (Å²) in [5.74, 6) is 0.693. The van der Waals surface area contributed by atoms with E-state index in [4.69, 9.17) is 21.6 Å². The second kappa shape index (κ2) is 7.56. The van der Waals surface area contributed by atoms with E-state index >= 15 is 0 Å². The van der Waals surface area contributed by atoms with Crippen LogP contribution < -0.4 is 10.1 Å². The lowest BCUT2D eigenvalue weighted by atomic mass is 10.0. The van der Waals surface area contributed by atoms with Gasteiger partial charge in [-0.25, -0.2) is 0 Å². The number of anilines is 1. The average molecular weight is 301 g/mol. The van der Waals surface area contributed by atoms with Crippen LogP contribution in [0.5, 0.6) is 5.75 Å². The van der Waals surface area contributed by atoms with Gasteiger partial charge in [-0.2, -0.15) is 5.26 Å². The highest BCUT2D eigenvalue weighted by Crippen LogP contribution is 2.25. The van der Waals surface area contributed by atoms with Gasteiger partial charge >= 0.3 is 0 Å². The van der Waals surface area contributed by atoms with Crippen LogP contribution in [-0.2, 0) is 0 Å². The van der Waals surface area contributed by atoms with E-state index in [0.717, 1.165) is 22.7 Å². The van der Waals surface area contributed by atoms with Crippen molar-refractivity contribution in [2.45, 2.75) is 19.4 Å². The molecule has 0 amide bonds. The zero-order valence-corrected chi connectivity index (χ0v) is 12.6. The van der Waals surface area contributed by atoms with Crippen LogP contribution in [0.4, 0.5) is 5.69 Å². The summed E-state index contributed by atoms with van der Waals surface area (Å²) in [5, 5.41) is 12.7. The molecule has 0 radical (unpaired) electrons. The van der Waals surface area contributed by atoms with Crippen LogP contribution in [0.1, 0.15) is 24.9 Å². The molecular weight excluding hydrogens is 284 g/mol. The Balaban J connectivity index is 2.06.